The Bertz CT molecular complexity index is 1020. The highest BCUT2D eigenvalue weighted by Gasteiger charge is 2.27. The number of benzene rings is 2. The van der Waals surface area contributed by atoms with Gasteiger partial charge in [0, 0.05) is 17.4 Å². The van der Waals surface area contributed by atoms with E-state index in [9.17, 15) is 9.59 Å². The van der Waals surface area contributed by atoms with Crippen molar-refractivity contribution >= 4 is 40.0 Å². The van der Waals surface area contributed by atoms with Crippen LogP contribution in [0, 0.1) is 5.92 Å². The molecule has 1 heterocycles. The molecule has 0 saturated heterocycles. The topological polar surface area (TPSA) is 55.4 Å². The van der Waals surface area contributed by atoms with Crippen LogP contribution in [-0.4, -0.2) is 30.3 Å². The van der Waals surface area contributed by atoms with E-state index in [-0.39, 0.29) is 23.0 Å². The minimum Gasteiger partial charge on any atom is -0.465 e. The van der Waals surface area contributed by atoms with Gasteiger partial charge in [-0.05, 0) is 73.1 Å². The van der Waals surface area contributed by atoms with E-state index in [1.807, 2.05) is 13.0 Å². The summed E-state index contributed by atoms with van der Waals surface area (Å²) in [5.41, 5.74) is 3.66. The second kappa shape index (κ2) is 10.6. The van der Waals surface area contributed by atoms with Crippen molar-refractivity contribution in [3.63, 3.8) is 0 Å². The summed E-state index contributed by atoms with van der Waals surface area (Å²) in [6.07, 6.45) is 9.57. The maximum atomic E-state index is 12.4. The summed E-state index contributed by atoms with van der Waals surface area (Å²) in [4.78, 5) is 25.9. The van der Waals surface area contributed by atoms with E-state index in [2.05, 4.69) is 42.6 Å². The normalized spacial score (nSPS) is 18.7. The monoisotopic (exact) mass is 451 g/mol. The van der Waals surface area contributed by atoms with Crippen LogP contribution in [0.1, 0.15) is 63.5 Å². The van der Waals surface area contributed by atoms with Gasteiger partial charge in [0.1, 0.15) is 5.25 Å². The number of thioether (sulfide) groups is 1. The molecule has 5 heteroatoms. The molecule has 1 aliphatic heterocycles. The highest BCUT2D eigenvalue weighted by Crippen LogP contribution is 2.43. The average Bonchev–Trinajstić information content (AvgIpc) is 2.82. The Morgan fingerprint density at radius 1 is 1.12 bits per heavy atom. The summed E-state index contributed by atoms with van der Waals surface area (Å²) in [5, 5.41) is 5.36. The molecule has 1 fully saturated rings. The van der Waals surface area contributed by atoms with Gasteiger partial charge in [0.15, 0.2) is 0 Å². The smallest absolute Gasteiger partial charge is 0.323 e. The van der Waals surface area contributed by atoms with Crippen LogP contribution in [0.15, 0.2) is 41.3 Å². The molecule has 1 saturated carbocycles. The van der Waals surface area contributed by atoms with Gasteiger partial charge in [0.25, 0.3) is 0 Å². The Morgan fingerprint density at radius 2 is 1.94 bits per heavy atom. The molecule has 2 aliphatic rings. The van der Waals surface area contributed by atoms with E-state index in [0.29, 0.717) is 6.61 Å². The number of nitrogens with one attached hydrogen (secondary N) is 1. The third kappa shape index (κ3) is 5.03. The van der Waals surface area contributed by atoms with E-state index < -0.39 is 0 Å². The number of aryl methyl sites for hydroxylation is 1. The van der Waals surface area contributed by atoms with Gasteiger partial charge < -0.3 is 10.1 Å². The number of allylic oxidation sites excluding steroid dienone is 1. The molecule has 1 aliphatic carbocycles. The van der Waals surface area contributed by atoms with Crippen LogP contribution in [0.4, 0.5) is 0 Å². The van der Waals surface area contributed by atoms with Gasteiger partial charge in [-0.2, -0.15) is 0 Å². The standard InChI is InChI=1S/C27H33NO3S/c1-3-31-27(30)23-17-18(2)24-22(32-23)15-14-20-12-7-11-19(25(20)24)13-8-16-28-26(29)21-9-5-4-6-10-21/h7,11-12,14-15,17,21,23H,3-6,8-10,13,16H2,1-2H3,(H,28,29). The largest absolute Gasteiger partial charge is 0.465 e. The minimum atomic E-state index is -0.290. The Kier molecular flexibility index (Phi) is 7.56. The number of rotatable bonds is 7. The molecular weight excluding hydrogens is 418 g/mol. The molecule has 1 unspecified atom stereocenters. The average molecular weight is 452 g/mol. The molecule has 1 amide bonds. The summed E-state index contributed by atoms with van der Waals surface area (Å²) in [7, 11) is 0. The third-order valence-corrected chi connectivity index (χ3v) is 7.74. The van der Waals surface area contributed by atoms with Crippen LogP contribution in [-0.2, 0) is 20.7 Å². The maximum Gasteiger partial charge on any atom is 0.323 e. The first-order chi connectivity index (χ1) is 15.6. The number of carbonyl (C=O) groups is 2. The minimum absolute atomic E-state index is 0.176. The number of amides is 1. The van der Waals surface area contributed by atoms with Gasteiger partial charge in [-0.25, -0.2) is 0 Å². The van der Waals surface area contributed by atoms with Gasteiger partial charge in [0.2, 0.25) is 5.91 Å². The molecule has 0 aromatic heterocycles. The van der Waals surface area contributed by atoms with Gasteiger partial charge in [0.05, 0.1) is 6.61 Å². The van der Waals surface area contributed by atoms with Crippen molar-refractivity contribution in [3.05, 3.63) is 47.5 Å². The molecule has 2 aromatic rings. The fraction of sp³-hybridized carbons (Fsp3) is 0.481. The van der Waals surface area contributed by atoms with Crippen molar-refractivity contribution < 1.29 is 14.3 Å². The van der Waals surface area contributed by atoms with Crippen LogP contribution in [0.3, 0.4) is 0 Å². The lowest BCUT2D eigenvalue weighted by atomic mass is 9.88. The lowest BCUT2D eigenvalue weighted by Gasteiger charge is -2.24. The molecule has 170 valence electrons. The van der Waals surface area contributed by atoms with Crippen LogP contribution in [0.5, 0.6) is 0 Å². The molecule has 0 radical (unpaired) electrons. The lowest BCUT2D eigenvalue weighted by Crippen LogP contribution is -2.32. The first-order valence-electron chi connectivity index (χ1n) is 11.9. The predicted molar refractivity (Wildman–Crippen MR) is 132 cm³/mol. The SMILES string of the molecule is CCOC(=O)C1C=C(C)c2c(ccc3cccc(CCCNC(=O)C4CCCCC4)c23)S1. The van der Waals surface area contributed by atoms with E-state index in [1.54, 1.807) is 11.8 Å². The Morgan fingerprint density at radius 3 is 2.72 bits per heavy atom. The molecule has 1 atom stereocenters. The Balaban J connectivity index is 1.48. The summed E-state index contributed by atoms with van der Waals surface area (Å²) in [5.74, 6) is 0.273. The van der Waals surface area contributed by atoms with Crippen molar-refractivity contribution in [2.45, 2.75) is 68.9 Å². The highest BCUT2D eigenvalue weighted by molar-refractivity contribution is 8.01. The van der Waals surface area contributed by atoms with Gasteiger partial charge >= 0.3 is 5.97 Å². The Hall–Kier alpha value is -2.27. The predicted octanol–water partition coefficient (Wildman–Crippen LogP) is 5.91. The number of fused-ring (bicyclic) bond motifs is 3. The number of ether oxygens (including phenoxy) is 1. The van der Waals surface area contributed by atoms with Crippen molar-refractivity contribution in [1.82, 2.24) is 5.32 Å². The quantitative estimate of drug-likeness (QED) is 0.420. The lowest BCUT2D eigenvalue weighted by molar-refractivity contribution is -0.141. The summed E-state index contributed by atoms with van der Waals surface area (Å²) >= 11 is 1.57. The first kappa shape index (κ1) is 22.9. The van der Waals surface area contributed by atoms with Gasteiger partial charge in [-0.1, -0.05) is 49.6 Å². The van der Waals surface area contributed by atoms with E-state index in [0.717, 1.165) is 42.7 Å². The van der Waals surface area contributed by atoms with E-state index >= 15 is 0 Å². The number of carbonyl (C=O) groups excluding carboxylic acids is 2. The van der Waals surface area contributed by atoms with E-state index in [4.69, 9.17) is 4.74 Å². The highest BCUT2D eigenvalue weighted by atomic mass is 32.2. The zero-order chi connectivity index (χ0) is 22.5. The maximum absolute atomic E-state index is 12.4. The summed E-state index contributed by atoms with van der Waals surface area (Å²) in [6.45, 7) is 5.04. The zero-order valence-electron chi connectivity index (χ0n) is 19.1. The molecule has 4 rings (SSSR count). The number of esters is 1. The third-order valence-electron chi connectivity index (χ3n) is 6.56. The molecule has 2 aromatic carbocycles. The van der Waals surface area contributed by atoms with Crippen LogP contribution < -0.4 is 5.32 Å². The Labute approximate surface area is 195 Å². The molecular formula is C27H33NO3S. The van der Waals surface area contributed by atoms with Crippen LogP contribution in [0.2, 0.25) is 0 Å². The number of hydrogen-bond donors (Lipinski definition) is 1. The van der Waals surface area contributed by atoms with Crippen molar-refractivity contribution in [2.75, 3.05) is 13.2 Å². The second-order valence-corrected chi connectivity index (χ2v) is 10.0. The second-order valence-electron chi connectivity index (χ2n) is 8.82. The molecule has 32 heavy (non-hydrogen) atoms. The molecule has 0 spiro atoms. The van der Waals surface area contributed by atoms with Gasteiger partial charge in [-0.3, -0.25) is 9.59 Å². The molecule has 4 nitrogen and oxygen atoms in total. The number of hydrogen-bond acceptors (Lipinski definition) is 4. The summed E-state index contributed by atoms with van der Waals surface area (Å²) < 4.78 is 5.25. The van der Waals surface area contributed by atoms with Crippen molar-refractivity contribution in [3.8, 4) is 0 Å². The van der Waals surface area contributed by atoms with Crippen molar-refractivity contribution in [1.29, 1.82) is 0 Å². The van der Waals surface area contributed by atoms with Crippen molar-refractivity contribution in [2.24, 2.45) is 5.92 Å². The van der Waals surface area contributed by atoms with Crippen LogP contribution in [0.25, 0.3) is 16.3 Å². The van der Waals surface area contributed by atoms with Crippen LogP contribution >= 0.6 is 11.8 Å². The van der Waals surface area contributed by atoms with E-state index in [1.165, 1.54) is 41.2 Å². The fourth-order valence-corrected chi connectivity index (χ4v) is 6.19. The zero-order valence-corrected chi connectivity index (χ0v) is 19.9. The van der Waals surface area contributed by atoms with Gasteiger partial charge in [-0.15, -0.1) is 11.8 Å². The molecule has 0 bridgehead atoms. The molecule has 1 N–H and O–H groups in total. The summed E-state index contributed by atoms with van der Waals surface area (Å²) in [6, 6.07) is 10.7. The fourth-order valence-electron chi connectivity index (χ4n) is 4.96. The first-order valence-corrected chi connectivity index (χ1v) is 12.8.